The van der Waals surface area contributed by atoms with E-state index in [0.29, 0.717) is 21.5 Å². The Morgan fingerprint density at radius 1 is 1.47 bits per heavy atom. The van der Waals surface area contributed by atoms with E-state index in [1.54, 1.807) is 30.5 Å². The van der Waals surface area contributed by atoms with Crippen molar-refractivity contribution in [2.24, 2.45) is 0 Å². The van der Waals surface area contributed by atoms with Gasteiger partial charge in [-0.05, 0) is 18.2 Å². The van der Waals surface area contributed by atoms with Crippen LogP contribution in [0.25, 0.3) is 0 Å². The van der Waals surface area contributed by atoms with E-state index in [0.717, 1.165) is 0 Å². The van der Waals surface area contributed by atoms with Gasteiger partial charge in [-0.2, -0.15) is 5.26 Å². The lowest BCUT2D eigenvalue weighted by Crippen LogP contribution is -1.81. The van der Waals surface area contributed by atoms with Crippen LogP contribution in [0.2, 0.25) is 0 Å². The molecule has 1 aromatic heterocycles. The fraction of sp³-hybridized carbons (Fsp3) is 0. The van der Waals surface area contributed by atoms with E-state index >= 15 is 0 Å². The number of thiazole rings is 1. The van der Waals surface area contributed by atoms with Gasteiger partial charge in [0.1, 0.15) is 5.75 Å². The van der Waals surface area contributed by atoms with E-state index in [9.17, 15) is 0 Å². The topological polar surface area (TPSA) is 71.9 Å². The zero-order chi connectivity index (χ0) is 10.7. The fourth-order valence-electron chi connectivity index (χ4n) is 1.06. The highest BCUT2D eigenvalue weighted by atomic mass is 32.1. The Balaban J connectivity index is 2.21. The van der Waals surface area contributed by atoms with E-state index in [1.165, 1.54) is 11.3 Å². The van der Waals surface area contributed by atoms with Crippen LogP contribution in [0.15, 0.2) is 30.5 Å². The highest BCUT2D eigenvalue weighted by Crippen LogP contribution is 2.28. The number of hydrogen-bond acceptors (Lipinski definition) is 5. The van der Waals surface area contributed by atoms with Gasteiger partial charge in [-0.3, -0.25) is 0 Å². The maximum absolute atomic E-state index is 8.70. The van der Waals surface area contributed by atoms with Crippen molar-refractivity contribution in [3.63, 3.8) is 0 Å². The number of hydrogen-bond donors (Lipinski definition) is 1. The van der Waals surface area contributed by atoms with Gasteiger partial charge in [-0.15, -0.1) is 0 Å². The van der Waals surface area contributed by atoms with Crippen LogP contribution in [0.5, 0.6) is 10.8 Å². The minimum atomic E-state index is 0.460. The molecule has 74 valence electrons. The van der Waals surface area contributed by atoms with Gasteiger partial charge in [0.2, 0.25) is 5.06 Å². The molecule has 0 aliphatic carbocycles. The summed E-state index contributed by atoms with van der Waals surface area (Å²) in [5.74, 6) is 0.609. The lowest BCUT2D eigenvalue weighted by Gasteiger charge is -2.01. The molecule has 2 N–H and O–H groups in total. The third kappa shape index (κ3) is 2.24. The number of rotatable bonds is 2. The second kappa shape index (κ2) is 3.98. The summed E-state index contributed by atoms with van der Waals surface area (Å²) in [6.07, 6.45) is 1.55. The van der Waals surface area contributed by atoms with Crippen LogP contribution < -0.4 is 10.5 Å². The van der Waals surface area contributed by atoms with Gasteiger partial charge in [0.05, 0.1) is 17.8 Å². The van der Waals surface area contributed by atoms with Crippen LogP contribution in [0.4, 0.5) is 5.13 Å². The minimum absolute atomic E-state index is 0.460. The summed E-state index contributed by atoms with van der Waals surface area (Å²) in [5, 5.41) is 9.77. The van der Waals surface area contributed by atoms with E-state index in [4.69, 9.17) is 15.7 Å². The fourth-order valence-corrected chi connectivity index (χ4v) is 1.62. The third-order valence-electron chi connectivity index (χ3n) is 1.68. The first-order valence-electron chi connectivity index (χ1n) is 4.17. The molecule has 1 heterocycles. The predicted octanol–water partition coefficient (Wildman–Crippen LogP) is 2.39. The van der Waals surface area contributed by atoms with Crippen LogP contribution in [0.3, 0.4) is 0 Å². The highest BCUT2D eigenvalue weighted by Gasteiger charge is 2.01. The van der Waals surface area contributed by atoms with Gasteiger partial charge in [0, 0.05) is 0 Å². The molecule has 0 radical (unpaired) electrons. The lowest BCUT2D eigenvalue weighted by molar-refractivity contribution is 0.495. The van der Waals surface area contributed by atoms with Gasteiger partial charge < -0.3 is 10.5 Å². The second-order valence-electron chi connectivity index (χ2n) is 2.76. The van der Waals surface area contributed by atoms with Crippen molar-refractivity contribution < 1.29 is 4.74 Å². The largest absolute Gasteiger partial charge is 0.445 e. The summed E-state index contributed by atoms with van der Waals surface area (Å²) in [7, 11) is 0. The molecule has 0 unspecified atom stereocenters. The molecule has 0 aliphatic heterocycles. The zero-order valence-electron chi connectivity index (χ0n) is 7.68. The molecule has 0 spiro atoms. The standard InChI is InChI=1S/C10H7N3OS/c11-5-7-2-1-3-8(4-7)14-9-6-13-10(12)15-9/h1-4,6H,(H2,12,13). The van der Waals surface area contributed by atoms with E-state index in [-0.39, 0.29) is 0 Å². The van der Waals surface area contributed by atoms with Crippen molar-refractivity contribution in [3.05, 3.63) is 36.0 Å². The number of nitrogens with two attached hydrogens (primary N) is 1. The number of anilines is 1. The second-order valence-corrected chi connectivity index (χ2v) is 3.78. The van der Waals surface area contributed by atoms with Crippen molar-refractivity contribution in [1.82, 2.24) is 4.98 Å². The van der Waals surface area contributed by atoms with Crippen molar-refractivity contribution in [2.75, 3.05) is 5.73 Å². The number of nitriles is 1. The van der Waals surface area contributed by atoms with E-state index < -0.39 is 0 Å². The number of ether oxygens (including phenoxy) is 1. The maximum Gasteiger partial charge on any atom is 0.202 e. The van der Waals surface area contributed by atoms with Gasteiger partial charge in [-0.1, -0.05) is 17.4 Å². The summed E-state index contributed by atoms with van der Waals surface area (Å²) in [4.78, 5) is 3.86. The first-order valence-corrected chi connectivity index (χ1v) is 4.99. The monoisotopic (exact) mass is 217 g/mol. The molecule has 2 rings (SSSR count). The van der Waals surface area contributed by atoms with Crippen LogP contribution in [-0.2, 0) is 0 Å². The molecule has 0 saturated carbocycles. The summed E-state index contributed by atoms with van der Waals surface area (Å²) in [5.41, 5.74) is 6.02. The van der Waals surface area contributed by atoms with Crippen LogP contribution in [0, 0.1) is 11.3 Å². The molecule has 0 amide bonds. The summed E-state index contributed by atoms with van der Waals surface area (Å²) in [6, 6.07) is 8.96. The number of benzene rings is 1. The molecular weight excluding hydrogens is 210 g/mol. The Morgan fingerprint density at radius 3 is 3.00 bits per heavy atom. The molecule has 1 aromatic carbocycles. The number of nitrogens with zero attached hydrogens (tertiary/aromatic N) is 2. The highest BCUT2D eigenvalue weighted by molar-refractivity contribution is 7.17. The molecule has 0 saturated heterocycles. The molecule has 0 bridgehead atoms. The molecule has 0 aliphatic rings. The summed E-state index contributed by atoms with van der Waals surface area (Å²) < 4.78 is 5.47. The Kier molecular flexibility index (Phi) is 2.52. The minimum Gasteiger partial charge on any atom is -0.445 e. The SMILES string of the molecule is N#Cc1cccc(Oc2cnc(N)s2)c1. The molecule has 0 atom stereocenters. The average Bonchev–Trinajstić information content (AvgIpc) is 2.64. The average molecular weight is 217 g/mol. The van der Waals surface area contributed by atoms with Crippen molar-refractivity contribution >= 4 is 16.5 Å². The molecular formula is C10H7N3OS. The summed E-state index contributed by atoms with van der Waals surface area (Å²) in [6.45, 7) is 0. The maximum atomic E-state index is 8.70. The van der Waals surface area contributed by atoms with E-state index in [1.807, 2.05) is 6.07 Å². The van der Waals surface area contributed by atoms with Gasteiger partial charge in [0.25, 0.3) is 0 Å². The van der Waals surface area contributed by atoms with Crippen LogP contribution >= 0.6 is 11.3 Å². The Morgan fingerprint density at radius 2 is 2.33 bits per heavy atom. The van der Waals surface area contributed by atoms with Gasteiger partial charge >= 0.3 is 0 Å². The predicted molar refractivity (Wildman–Crippen MR) is 57.8 cm³/mol. The molecule has 2 aromatic rings. The van der Waals surface area contributed by atoms with Gasteiger partial charge in [0.15, 0.2) is 5.13 Å². The number of aromatic nitrogens is 1. The molecule has 15 heavy (non-hydrogen) atoms. The molecule has 5 heteroatoms. The van der Waals surface area contributed by atoms with E-state index in [2.05, 4.69) is 4.98 Å². The van der Waals surface area contributed by atoms with Crippen molar-refractivity contribution in [1.29, 1.82) is 5.26 Å². The molecule has 0 fully saturated rings. The number of nitrogen functional groups attached to an aromatic ring is 1. The lowest BCUT2D eigenvalue weighted by atomic mass is 10.2. The van der Waals surface area contributed by atoms with Crippen LogP contribution in [0.1, 0.15) is 5.56 Å². The normalized spacial score (nSPS) is 9.53. The third-order valence-corrected chi connectivity index (χ3v) is 2.39. The quantitative estimate of drug-likeness (QED) is 0.838. The van der Waals surface area contributed by atoms with Crippen LogP contribution in [-0.4, -0.2) is 4.98 Å². The Labute approximate surface area is 90.6 Å². The summed E-state index contributed by atoms with van der Waals surface area (Å²) >= 11 is 1.26. The van der Waals surface area contributed by atoms with Crippen molar-refractivity contribution in [3.8, 4) is 16.9 Å². The Bertz CT molecular complexity index is 515. The first-order chi connectivity index (χ1) is 7.28. The smallest absolute Gasteiger partial charge is 0.202 e. The Hall–Kier alpha value is -2.06. The van der Waals surface area contributed by atoms with Crippen molar-refractivity contribution in [2.45, 2.75) is 0 Å². The van der Waals surface area contributed by atoms with Gasteiger partial charge in [-0.25, -0.2) is 4.98 Å². The zero-order valence-corrected chi connectivity index (χ0v) is 8.49. The molecule has 4 nitrogen and oxygen atoms in total. The first kappa shape index (κ1) is 9.49.